The van der Waals surface area contributed by atoms with Gasteiger partial charge in [-0.25, -0.2) is 9.37 Å². The third kappa shape index (κ3) is 4.53. The number of hydrogen-bond donors (Lipinski definition) is 2. The van der Waals surface area contributed by atoms with E-state index in [-0.39, 0.29) is 11.8 Å². The summed E-state index contributed by atoms with van der Waals surface area (Å²) in [6.07, 6.45) is 5.46. The number of anilines is 2. The minimum Gasteiger partial charge on any atom is -0.370 e. The Kier molecular flexibility index (Phi) is 5.23. The zero-order chi connectivity index (χ0) is 17.6. The van der Waals surface area contributed by atoms with Gasteiger partial charge in [-0.15, -0.1) is 0 Å². The van der Waals surface area contributed by atoms with E-state index in [0.717, 1.165) is 42.8 Å². The van der Waals surface area contributed by atoms with Crippen LogP contribution in [0.25, 0.3) is 11.3 Å². The van der Waals surface area contributed by atoms with Gasteiger partial charge in [-0.1, -0.05) is 12.1 Å². The molecule has 0 radical (unpaired) electrons. The van der Waals surface area contributed by atoms with Crippen LogP contribution in [0.3, 0.4) is 0 Å². The smallest absolute Gasteiger partial charge is 0.222 e. The van der Waals surface area contributed by atoms with E-state index in [0.29, 0.717) is 5.82 Å². The predicted octanol–water partition coefficient (Wildman–Crippen LogP) is 3.13. The van der Waals surface area contributed by atoms with Crippen LogP contribution in [0, 0.1) is 5.82 Å². The molecule has 0 aliphatic heterocycles. The summed E-state index contributed by atoms with van der Waals surface area (Å²) in [6, 6.07) is 8.45. The molecule has 6 nitrogen and oxygen atoms in total. The molecule has 3 aromatic rings. The molecule has 1 aromatic carbocycles. The van der Waals surface area contributed by atoms with Crippen LogP contribution in [0.1, 0.15) is 18.9 Å². The van der Waals surface area contributed by atoms with Crippen molar-refractivity contribution in [3.8, 4) is 11.3 Å². The van der Waals surface area contributed by atoms with Gasteiger partial charge in [0.2, 0.25) is 5.95 Å². The lowest BCUT2D eigenvalue weighted by Gasteiger charge is -2.08. The lowest BCUT2D eigenvalue weighted by Crippen LogP contribution is -2.07. The molecule has 0 unspecified atom stereocenters. The van der Waals surface area contributed by atoms with E-state index in [2.05, 4.69) is 20.4 Å². The topological polar surface area (TPSA) is 81.7 Å². The monoisotopic (exact) mass is 340 g/mol. The minimum absolute atomic E-state index is 0.211. The Morgan fingerprint density at radius 1 is 1.20 bits per heavy atom. The minimum atomic E-state index is -0.211. The van der Waals surface area contributed by atoms with Gasteiger partial charge >= 0.3 is 0 Å². The van der Waals surface area contributed by atoms with Crippen molar-refractivity contribution in [2.24, 2.45) is 0 Å². The summed E-state index contributed by atoms with van der Waals surface area (Å²) in [5, 5.41) is 7.52. The molecule has 3 rings (SSSR count). The van der Waals surface area contributed by atoms with Crippen molar-refractivity contribution in [1.82, 2.24) is 19.7 Å². The van der Waals surface area contributed by atoms with E-state index in [9.17, 15) is 4.39 Å². The molecule has 0 bridgehead atoms. The van der Waals surface area contributed by atoms with Crippen molar-refractivity contribution < 1.29 is 4.39 Å². The summed E-state index contributed by atoms with van der Waals surface area (Å²) in [5.41, 5.74) is 8.58. The molecule has 0 fully saturated rings. The molecule has 0 spiro atoms. The second-order valence-corrected chi connectivity index (χ2v) is 5.74. The average molecular weight is 340 g/mol. The molecule has 0 saturated heterocycles. The van der Waals surface area contributed by atoms with Gasteiger partial charge in [0.15, 0.2) is 0 Å². The van der Waals surface area contributed by atoms with Crippen molar-refractivity contribution in [1.29, 1.82) is 0 Å². The van der Waals surface area contributed by atoms with E-state index < -0.39 is 0 Å². The number of rotatable bonds is 7. The van der Waals surface area contributed by atoms with Crippen molar-refractivity contribution in [3.63, 3.8) is 0 Å². The number of benzene rings is 1. The number of aromatic nitrogens is 4. The van der Waals surface area contributed by atoms with Crippen LogP contribution in [-0.2, 0) is 13.0 Å². The van der Waals surface area contributed by atoms with E-state index >= 15 is 0 Å². The quantitative estimate of drug-likeness (QED) is 0.646. The molecule has 130 valence electrons. The van der Waals surface area contributed by atoms with Gasteiger partial charge in [-0.2, -0.15) is 10.1 Å². The molecule has 3 N–H and O–H groups in total. The SMILES string of the molecule is CCn1cc(-c2cc(NCCCc3ccc(F)cc3)nc(N)n2)cn1. The number of nitrogens with zero attached hydrogens (tertiary/aromatic N) is 4. The molecule has 2 aromatic heterocycles. The zero-order valence-electron chi connectivity index (χ0n) is 14.1. The highest BCUT2D eigenvalue weighted by Crippen LogP contribution is 2.20. The largest absolute Gasteiger partial charge is 0.370 e. The van der Waals surface area contributed by atoms with Gasteiger partial charge in [0.25, 0.3) is 0 Å². The van der Waals surface area contributed by atoms with Crippen LogP contribution in [0.15, 0.2) is 42.7 Å². The molecule has 0 aliphatic carbocycles. The molecule has 2 heterocycles. The first-order valence-electron chi connectivity index (χ1n) is 8.29. The Labute approximate surface area is 145 Å². The second kappa shape index (κ2) is 7.74. The van der Waals surface area contributed by atoms with E-state index in [1.165, 1.54) is 12.1 Å². The summed E-state index contributed by atoms with van der Waals surface area (Å²) in [7, 11) is 0. The van der Waals surface area contributed by atoms with Crippen molar-refractivity contribution in [3.05, 3.63) is 54.1 Å². The van der Waals surface area contributed by atoms with Crippen LogP contribution in [0.2, 0.25) is 0 Å². The maximum atomic E-state index is 12.9. The maximum absolute atomic E-state index is 12.9. The third-order valence-electron chi connectivity index (χ3n) is 3.86. The number of hydrogen-bond acceptors (Lipinski definition) is 5. The Bertz CT molecular complexity index is 828. The first kappa shape index (κ1) is 16.9. The van der Waals surface area contributed by atoms with Gasteiger partial charge in [-0.05, 0) is 37.5 Å². The summed E-state index contributed by atoms with van der Waals surface area (Å²) < 4.78 is 14.7. The zero-order valence-corrected chi connectivity index (χ0v) is 14.1. The van der Waals surface area contributed by atoms with Gasteiger partial charge in [-0.3, -0.25) is 4.68 Å². The number of nitrogens with two attached hydrogens (primary N) is 1. The summed E-state index contributed by atoms with van der Waals surface area (Å²) in [6.45, 7) is 3.57. The van der Waals surface area contributed by atoms with Gasteiger partial charge < -0.3 is 11.1 Å². The Hall–Kier alpha value is -2.96. The summed E-state index contributed by atoms with van der Waals surface area (Å²) in [5.74, 6) is 0.700. The summed E-state index contributed by atoms with van der Waals surface area (Å²) >= 11 is 0. The van der Waals surface area contributed by atoms with Gasteiger partial charge in [0, 0.05) is 30.9 Å². The number of nitrogens with one attached hydrogen (secondary N) is 1. The predicted molar refractivity (Wildman–Crippen MR) is 96.6 cm³/mol. The van der Waals surface area contributed by atoms with Crippen molar-refractivity contribution in [2.75, 3.05) is 17.6 Å². The molecule has 0 aliphatic rings. The Morgan fingerprint density at radius 3 is 2.72 bits per heavy atom. The van der Waals surface area contributed by atoms with Crippen LogP contribution in [0.5, 0.6) is 0 Å². The molecular formula is C18H21FN6. The number of aryl methyl sites for hydroxylation is 2. The second-order valence-electron chi connectivity index (χ2n) is 5.74. The lowest BCUT2D eigenvalue weighted by molar-refractivity contribution is 0.626. The van der Waals surface area contributed by atoms with Crippen LogP contribution < -0.4 is 11.1 Å². The first-order valence-corrected chi connectivity index (χ1v) is 8.29. The van der Waals surface area contributed by atoms with E-state index in [1.54, 1.807) is 6.20 Å². The molecule has 25 heavy (non-hydrogen) atoms. The van der Waals surface area contributed by atoms with Crippen LogP contribution >= 0.6 is 0 Å². The molecule has 7 heteroatoms. The fraction of sp³-hybridized carbons (Fsp3) is 0.278. The highest BCUT2D eigenvalue weighted by Gasteiger charge is 2.07. The maximum Gasteiger partial charge on any atom is 0.222 e. The van der Waals surface area contributed by atoms with Gasteiger partial charge in [0.1, 0.15) is 11.6 Å². The summed E-state index contributed by atoms with van der Waals surface area (Å²) in [4.78, 5) is 8.49. The number of halogens is 1. The highest BCUT2D eigenvalue weighted by molar-refractivity contribution is 5.62. The Morgan fingerprint density at radius 2 is 2.00 bits per heavy atom. The standard InChI is InChI=1S/C18H21FN6/c1-2-25-12-14(11-22-25)16-10-17(24-18(20)23-16)21-9-3-4-13-5-7-15(19)8-6-13/h5-8,10-12H,2-4,9H2,1H3,(H3,20,21,23,24). The molecule has 0 atom stereocenters. The number of nitrogen functional groups attached to an aromatic ring is 1. The molecule has 0 amide bonds. The lowest BCUT2D eigenvalue weighted by atomic mass is 10.1. The van der Waals surface area contributed by atoms with E-state index in [4.69, 9.17) is 5.73 Å². The third-order valence-corrected chi connectivity index (χ3v) is 3.86. The average Bonchev–Trinajstić information content (AvgIpc) is 3.09. The van der Waals surface area contributed by atoms with Crippen LogP contribution in [-0.4, -0.2) is 26.3 Å². The van der Waals surface area contributed by atoms with Crippen molar-refractivity contribution >= 4 is 11.8 Å². The molecule has 0 saturated carbocycles. The van der Waals surface area contributed by atoms with Gasteiger partial charge in [0.05, 0.1) is 11.9 Å². The highest BCUT2D eigenvalue weighted by atomic mass is 19.1. The normalized spacial score (nSPS) is 10.8. The fourth-order valence-electron chi connectivity index (χ4n) is 2.53. The van der Waals surface area contributed by atoms with Crippen molar-refractivity contribution in [2.45, 2.75) is 26.3 Å². The van der Waals surface area contributed by atoms with E-state index in [1.807, 2.05) is 36.0 Å². The Balaban J connectivity index is 1.59. The molecular weight excluding hydrogens is 319 g/mol. The van der Waals surface area contributed by atoms with Crippen LogP contribution in [0.4, 0.5) is 16.2 Å². The first-order chi connectivity index (χ1) is 12.1. The fourth-order valence-corrected chi connectivity index (χ4v) is 2.53.